The van der Waals surface area contributed by atoms with Crippen molar-refractivity contribution < 1.29 is 9.47 Å². The van der Waals surface area contributed by atoms with E-state index in [1.54, 1.807) is 0 Å². The summed E-state index contributed by atoms with van der Waals surface area (Å²) in [5.41, 5.74) is 1.27. The summed E-state index contributed by atoms with van der Waals surface area (Å²) in [5.74, 6) is 1.44. The molecule has 3 unspecified atom stereocenters. The molecule has 1 aliphatic heterocycles. The van der Waals surface area contributed by atoms with Gasteiger partial charge in [0.1, 0.15) is 5.75 Å². The van der Waals surface area contributed by atoms with Crippen molar-refractivity contribution in [2.45, 2.75) is 31.2 Å². The number of alkyl halides is 1. The molecule has 0 amide bonds. The van der Waals surface area contributed by atoms with Gasteiger partial charge in [0.25, 0.3) is 0 Å². The highest BCUT2D eigenvalue weighted by atomic mass is 79.9. The lowest BCUT2D eigenvalue weighted by atomic mass is 9.94. The first-order valence-corrected chi connectivity index (χ1v) is 8.02. The molecule has 18 heavy (non-hydrogen) atoms. The summed E-state index contributed by atoms with van der Waals surface area (Å²) >= 11 is 7.37. The highest BCUT2D eigenvalue weighted by Crippen LogP contribution is 2.41. The van der Waals surface area contributed by atoms with Crippen LogP contribution in [0.15, 0.2) is 22.7 Å². The fraction of sp³-hybridized carbons (Fsp3) is 0.571. The number of ether oxygens (including phenoxy) is 2. The molecule has 0 bridgehead atoms. The van der Waals surface area contributed by atoms with Gasteiger partial charge in [-0.3, -0.25) is 0 Å². The third-order valence-electron chi connectivity index (χ3n) is 3.38. The van der Waals surface area contributed by atoms with E-state index in [0.29, 0.717) is 23.5 Å². The Labute approximate surface area is 125 Å². The average molecular weight is 378 g/mol. The third kappa shape index (κ3) is 3.09. The second-order valence-corrected chi connectivity index (χ2v) is 6.39. The Morgan fingerprint density at radius 2 is 2.28 bits per heavy atom. The highest BCUT2D eigenvalue weighted by molar-refractivity contribution is 9.10. The second-order valence-electron chi connectivity index (χ2n) is 4.55. The van der Waals surface area contributed by atoms with Gasteiger partial charge in [-0.2, -0.15) is 0 Å². The van der Waals surface area contributed by atoms with Crippen LogP contribution in [0.5, 0.6) is 5.75 Å². The van der Waals surface area contributed by atoms with E-state index in [-0.39, 0.29) is 0 Å². The Kier molecular flexibility index (Phi) is 5.10. The number of rotatable bonds is 4. The number of hydrogen-bond acceptors (Lipinski definition) is 2. The highest BCUT2D eigenvalue weighted by Gasteiger charge is 2.31. The van der Waals surface area contributed by atoms with Crippen LogP contribution in [0.4, 0.5) is 0 Å². The molecule has 3 atom stereocenters. The summed E-state index contributed by atoms with van der Waals surface area (Å²) in [4.78, 5) is 0.335. The van der Waals surface area contributed by atoms with E-state index in [9.17, 15) is 0 Å². The summed E-state index contributed by atoms with van der Waals surface area (Å²) in [5, 5.41) is 0. The molecule has 0 saturated carbocycles. The Morgan fingerprint density at radius 3 is 2.83 bits per heavy atom. The molecule has 0 radical (unpaired) electrons. The predicted octanol–water partition coefficient (Wildman–Crippen LogP) is 4.71. The van der Waals surface area contributed by atoms with Gasteiger partial charge in [-0.05, 0) is 53.9 Å². The van der Waals surface area contributed by atoms with Gasteiger partial charge in [-0.25, -0.2) is 0 Å². The molecule has 1 saturated heterocycles. The zero-order chi connectivity index (χ0) is 13.1. The molecular formula is C14H18Br2O2. The molecule has 4 heteroatoms. The van der Waals surface area contributed by atoms with E-state index in [4.69, 9.17) is 9.47 Å². The minimum Gasteiger partial charge on any atom is -0.493 e. The zero-order valence-electron chi connectivity index (χ0n) is 10.7. The fourth-order valence-corrected chi connectivity index (χ4v) is 3.83. The smallest absolute Gasteiger partial charge is 0.133 e. The lowest BCUT2D eigenvalue weighted by molar-refractivity contribution is 0.105. The molecule has 100 valence electrons. The van der Waals surface area contributed by atoms with E-state index >= 15 is 0 Å². The quantitative estimate of drug-likeness (QED) is 0.707. The molecular weight excluding hydrogens is 360 g/mol. The van der Waals surface area contributed by atoms with Crippen molar-refractivity contribution in [3.05, 3.63) is 28.2 Å². The van der Waals surface area contributed by atoms with Gasteiger partial charge in [-0.1, -0.05) is 22.0 Å². The molecule has 0 N–H and O–H groups in total. The molecule has 1 aromatic rings. The van der Waals surface area contributed by atoms with E-state index in [1.807, 2.05) is 13.0 Å². The molecule has 0 aliphatic carbocycles. The standard InChI is InChI=1S/C14H18Br2O2/c1-3-17-13-5-4-10(8-12(13)15)14(16)11-6-7-18-9(11)2/h4-5,8-9,11,14H,3,6-7H2,1-2H3. The van der Waals surface area contributed by atoms with Crippen LogP contribution in [-0.2, 0) is 4.74 Å². The van der Waals surface area contributed by atoms with Crippen molar-refractivity contribution in [1.82, 2.24) is 0 Å². The minimum atomic E-state index is 0.319. The Hall–Kier alpha value is -0.0600. The summed E-state index contributed by atoms with van der Waals surface area (Å²) in [6.07, 6.45) is 1.43. The predicted molar refractivity (Wildman–Crippen MR) is 80.5 cm³/mol. The number of benzene rings is 1. The van der Waals surface area contributed by atoms with Crippen LogP contribution < -0.4 is 4.74 Å². The van der Waals surface area contributed by atoms with Crippen LogP contribution in [0.1, 0.15) is 30.7 Å². The monoisotopic (exact) mass is 376 g/mol. The first-order chi connectivity index (χ1) is 8.63. The van der Waals surface area contributed by atoms with Crippen LogP contribution >= 0.6 is 31.9 Å². The average Bonchev–Trinajstić information content (AvgIpc) is 2.77. The van der Waals surface area contributed by atoms with Gasteiger partial charge in [0.05, 0.1) is 17.2 Å². The van der Waals surface area contributed by atoms with E-state index < -0.39 is 0 Å². The van der Waals surface area contributed by atoms with Crippen molar-refractivity contribution in [3.8, 4) is 5.75 Å². The maximum absolute atomic E-state index is 5.63. The molecule has 1 aliphatic rings. The molecule has 0 spiro atoms. The topological polar surface area (TPSA) is 18.5 Å². The maximum atomic E-state index is 5.63. The Balaban J connectivity index is 2.15. The molecule has 1 heterocycles. The molecule has 0 aromatic heterocycles. The Morgan fingerprint density at radius 1 is 1.50 bits per heavy atom. The van der Waals surface area contributed by atoms with Crippen LogP contribution in [0, 0.1) is 5.92 Å². The normalized spacial score (nSPS) is 25.1. The van der Waals surface area contributed by atoms with Gasteiger partial charge < -0.3 is 9.47 Å². The zero-order valence-corrected chi connectivity index (χ0v) is 13.8. The van der Waals surface area contributed by atoms with Gasteiger partial charge in [0.15, 0.2) is 0 Å². The van der Waals surface area contributed by atoms with E-state index in [2.05, 4.69) is 50.9 Å². The first-order valence-electron chi connectivity index (χ1n) is 6.31. The molecule has 1 aromatic carbocycles. The van der Waals surface area contributed by atoms with E-state index in [1.165, 1.54) is 5.56 Å². The van der Waals surface area contributed by atoms with Gasteiger partial charge in [0, 0.05) is 17.4 Å². The second kappa shape index (κ2) is 6.40. The third-order valence-corrected chi connectivity index (χ3v) is 5.21. The lowest BCUT2D eigenvalue weighted by Gasteiger charge is -2.21. The summed E-state index contributed by atoms with van der Waals surface area (Å²) in [7, 11) is 0. The molecule has 2 nitrogen and oxygen atoms in total. The van der Waals surface area contributed by atoms with Crippen molar-refractivity contribution in [2.24, 2.45) is 5.92 Å². The summed E-state index contributed by atoms with van der Waals surface area (Å²) in [6, 6.07) is 6.29. The fourth-order valence-electron chi connectivity index (χ4n) is 2.34. The number of hydrogen-bond donors (Lipinski definition) is 0. The first kappa shape index (κ1) is 14.4. The van der Waals surface area contributed by atoms with Crippen molar-refractivity contribution >= 4 is 31.9 Å². The van der Waals surface area contributed by atoms with Crippen LogP contribution in [0.25, 0.3) is 0 Å². The Bertz CT molecular complexity index is 409. The van der Waals surface area contributed by atoms with E-state index in [0.717, 1.165) is 23.2 Å². The molecule has 1 fully saturated rings. The van der Waals surface area contributed by atoms with Crippen molar-refractivity contribution in [1.29, 1.82) is 0 Å². The minimum absolute atomic E-state index is 0.319. The summed E-state index contributed by atoms with van der Waals surface area (Å²) in [6.45, 7) is 5.69. The van der Waals surface area contributed by atoms with Gasteiger partial charge in [0.2, 0.25) is 0 Å². The SMILES string of the molecule is CCOc1ccc(C(Br)C2CCOC2C)cc1Br. The van der Waals surface area contributed by atoms with Crippen LogP contribution in [0.2, 0.25) is 0 Å². The lowest BCUT2D eigenvalue weighted by Crippen LogP contribution is -2.16. The van der Waals surface area contributed by atoms with Crippen molar-refractivity contribution in [3.63, 3.8) is 0 Å². The van der Waals surface area contributed by atoms with Crippen LogP contribution in [-0.4, -0.2) is 19.3 Å². The van der Waals surface area contributed by atoms with Crippen LogP contribution in [0.3, 0.4) is 0 Å². The largest absolute Gasteiger partial charge is 0.493 e. The molecule has 2 rings (SSSR count). The maximum Gasteiger partial charge on any atom is 0.133 e. The van der Waals surface area contributed by atoms with Gasteiger partial charge in [-0.15, -0.1) is 0 Å². The van der Waals surface area contributed by atoms with Gasteiger partial charge >= 0.3 is 0 Å². The summed E-state index contributed by atoms with van der Waals surface area (Å²) < 4.78 is 12.2. The van der Waals surface area contributed by atoms with Crippen molar-refractivity contribution in [2.75, 3.05) is 13.2 Å². The number of halogens is 2.